The molecule has 6 heteroatoms. The van der Waals surface area contributed by atoms with Gasteiger partial charge in [0.1, 0.15) is 11.0 Å². The van der Waals surface area contributed by atoms with E-state index in [9.17, 15) is 4.79 Å². The SMILES string of the molecule is O=CC1NC(c2ccc3[nH]c4ncc(Cl)cc4c3c2)=CS1. The largest absolute Gasteiger partial charge is 0.366 e. The first-order valence-electron chi connectivity index (χ1n) is 6.39. The molecule has 0 saturated heterocycles. The van der Waals surface area contributed by atoms with E-state index in [0.29, 0.717) is 5.02 Å². The van der Waals surface area contributed by atoms with Crippen molar-refractivity contribution in [2.45, 2.75) is 5.37 Å². The van der Waals surface area contributed by atoms with Gasteiger partial charge in [-0.25, -0.2) is 4.98 Å². The first kappa shape index (κ1) is 12.7. The van der Waals surface area contributed by atoms with Gasteiger partial charge in [-0.2, -0.15) is 0 Å². The number of thioether (sulfide) groups is 1. The summed E-state index contributed by atoms with van der Waals surface area (Å²) in [6.07, 6.45) is 2.54. The molecule has 1 atom stereocenters. The maximum absolute atomic E-state index is 10.8. The lowest BCUT2D eigenvalue weighted by Crippen LogP contribution is -2.20. The average Bonchev–Trinajstić information content (AvgIpc) is 3.10. The molecule has 3 aromatic rings. The molecule has 0 radical (unpaired) electrons. The van der Waals surface area contributed by atoms with Crippen LogP contribution >= 0.6 is 23.4 Å². The lowest BCUT2D eigenvalue weighted by atomic mass is 10.1. The lowest BCUT2D eigenvalue weighted by Gasteiger charge is -2.07. The lowest BCUT2D eigenvalue weighted by molar-refractivity contribution is -0.107. The van der Waals surface area contributed by atoms with Crippen LogP contribution in [0, 0.1) is 0 Å². The van der Waals surface area contributed by atoms with E-state index in [-0.39, 0.29) is 5.37 Å². The van der Waals surface area contributed by atoms with Gasteiger partial charge in [-0.05, 0) is 29.2 Å². The molecule has 3 heterocycles. The van der Waals surface area contributed by atoms with Gasteiger partial charge in [0.05, 0.1) is 5.02 Å². The van der Waals surface area contributed by atoms with Crippen LogP contribution in [0.3, 0.4) is 0 Å². The molecule has 2 aromatic heterocycles. The van der Waals surface area contributed by atoms with Gasteiger partial charge in [-0.1, -0.05) is 29.4 Å². The fraction of sp³-hybridized carbons (Fsp3) is 0.0667. The summed E-state index contributed by atoms with van der Waals surface area (Å²) in [6.45, 7) is 0. The summed E-state index contributed by atoms with van der Waals surface area (Å²) in [5, 5.41) is 7.63. The highest BCUT2D eigenvalue weighted by Crippen LogP contribution is 2.31. The van der Waals surface area contributed by atoms with Gasteiger partial charge in [0.25, 0.3) is 0 Å². The van der Waals surface area contributed by atoms with Crippen molar-refractivity contribution in [2.24, 2.45) is 0 Å². The van der Waals surface area contributed by atoms with Gasteiger partial charge in [0.15, 0.2) is 6.29 Å². The molecule has 0 fully saturated rings. The van der Waals surface area contributed by atoms with Crippen molar-refractivity contribution in [1.29, 1.82) is 0 Å². The van der Waals surface area contributed by atoms with E-state index in [0.717, 1.165) is 39.5 Å². The van der Waals surface area contributed by atoms with E-state index < -0.39 is 0 Å². The summed E-state index contributed by atoms with van der Waals surface area (Å²) in [4.78, 5) is 18.4. The second kappa shape index (κ2) is 4.79. The van der Waals surface area contributed by atoms with Crippen LogP contribution in [-0.2, 0) is 4.79 Å². The van der Waals surface area contributed by atoms with Gasteiger partial charge >= 0.3 is 0 Å². The van der Waals surface area contributed by atoms with E-state index in [4.69, 9.17) is 11.6 Å². The Bertz CT molecular complexity index is 902. The van der Waals surface area contributed by atoms with E-state index in [1.807, 2.05) is 23.6 Å². The minimum atomic E-state index is -0.199. The normalized spacial score (nSPS) is 18.0. The third-order valence-electron chi connectivity index (χ3n) is 3.48. The van der Waals surface area contributed by atoms with Crippen LogP contribution in [0.1, 0.15) is 5.56 Å². The summed E-state index contributed by atoms with van der Waals surface area (Å²) in [6, 6.07) is 8.03. The van der Waals surface area contributed by atoms with Crippen LogP contribution in [-0.4, -0.2) is 21.6 Å². The molecule has 2 N–H and O–H groups in total. The number of pyridine rings is 1. The number of hydrogen-bond acceptors (Lipinski definition) is 4. The zero-order chi connectivity index (χ0) is 14.4. The third-order valence-corrected chi connectivity index (χ3v) is 4.58. The molecule has 0 saturated carbocycles. The first-order valence-corrected chi connectivity index (χ1v) is 7.71. The number of rotatable bonds is 2. The summed E-state index contributed by atoms with van der Waals surface area (Å²) >= 11 is 7.51. The number of hydrogen-bond donors (Lipinski definition) is 2. The van der Waals surface area contributed by atoms with Gasteiger partial charge in [0, 0.05) is 28.2 Å². The van der Waals surface area contributed by atoms with Gasteiger partial charge < -0.3 is 15.1 Å². The number of aldehydes is 1. The number of aromatic amines is 1. The second-order valence-corrected chi connectivity index (χ2v) is 6.26. The molecular weight excluding hydrogens is 306 g/mol. The van der Waals surface area contributed by atoms with Crippen LogP contribution in [0.25, 0.3) is 27.6 Å². The minimum Gasteiger partial charge on any atom is -0.366 e. The zero-order valence-electron chi connectivity index (χ0n) is 10.8. The van der Waals surface area contributed by atoms with Crippen LogP contribution in [0.4, 0.5) is 0 Å². The number of H-pyrrole nitrogens is 1. The number of benzene rings is 1. The maximum Gasteiger partial charge on any atom is 0.152 e. The summed E-state index contributed by atoms with van der Waals surface area (Å²) in [7, 11) is 0. The molecule has 1 unspecified atom stereocenters. The smallest absolute Gasteiger partial charge is 0.152 e. The quantitative estimate of drug-likeness (QED) is 0.710. The Balaban J connectivity index is 1.87. The van der Waals surface area contributed by atoms with Crippen LogP contribution in [0.15, 0.2) is 35.9 Å². The standard InChI is InChI=1S/C15H10ClN3OS/c16-9-4-11-10-3-8(13-7-21-14(6-20)18-13)1-2-12(10)19-15(11)17-5-9/h1-7,14,18H,(H,17,19). The monoisotopic (exact) mass is 315 g/mol. The number of halogens is 1. The highest BCUT2D eigenvalue weighted by atomic mass is 35.5. The third kappa shape index (κ3) is 2.09. The molecule has 21 heavy (non-hydrogen) atoms. The van der Waals surface area contributed by atoms with Gasteiger partial charge in [0.2, 0.25) is 0 Å². The maximum atomic E-state index is 10.8. The van der Waals surface area contributed by atoms with Crippen LogP contribution in [0.2, 0.25) is 5.02 Å². The molecule has 0 spiro atoms. The van der Waals surface area contributed by atoms with Gasteiger partial charge in [-0.15, -0.1) is 0 Å². The Labute approximate surface area is 129 Å². The molecule has 0 bridgehead atoms. The second-order valence-electron chi connectivity index (χ2n) is 4.80. The molecule has 4 nitrogen and oxygen atoms in total. The first-order chi connectivity index (χ1) is 10.2. The molecule has 4 rings (SSSR count). The molecule has 1 aliphatic rings. The van der Waals surface area contributed by atoms with E-state index in [2.05, 4.69) is 21.4 Å². The fourth-order valence-electron chi connectivity index (χ4n) is 2.50. The van der Waals surface area contributed by atoms with Crippen molar-refractivity contribution < 1.29 is 4.79 Å². The number of aromatic nitrogens is 2. The molecular formula is C15H10ClN3OS. The average molecular weight is 316 g/mol. The van der Waals surface area contributed by atoms with E-state index >= 15 is 0 Å². The topological polar surface area (TPSA) is 57.8 Å². The minimum absolute atomic E-state index is 0.199. The number of nitrogens with zero attached hydrogens (tertiary/aromatic N) is 1. The molecule has 1 aromatic carbocycles. The van der Waals surface area contributed by atoms with Crippen molar-refractivity contribution in [3.8, 4) is 0 Å². The van der Waals surface area contributed by atoms with Crippen molar-refractivity contribution in [3.05, 3.63) is 46.5 Å². The van der Waals surface area contributed by atoms with Gasteiger partial charge in [-0.3, -0.25) is 0 Å². The highest BCUT2D eigenvalue weighted by Gasteiger charge is 2.17. The Kier molecular flexibility index (Phi) is 2.90. The highest BCUT2D eigenvalue weighted by molar-refractivity contribution is 8.03. The summed E-state index contributed by atoms with van der Waals surface area (Å²) in [5.74, 6) is 0. The zero-order valence-corrected chi connectivity index (χ0v) is 12.3. The Morgan fingerprint density at radius 3 is 3.00 bits per heavy atom. The molecule has 0 aliphatic carbocycles. The Morgan fingerprint density at radius 1 is 1.29 bits per heavy atom. The molecule has 104 valence electrons. The molecule has 1 aliphatic heterocycles. The van der Waals surface area contributed by atoms with Crippen molar-refractivity contribution in [2.75, 3.05) is 0 Å². The number of carbonyl (C=O) groups is 1. The van der Waals surface area contributed by atoms with Crippen LogP contribution in [0.5, 0.6) is 0 Å². The van der Waals surface area contributed by atoms with Crippen molar-refractivity contribution >= 4 is 57.3 Å². The number of fused-ring (bicyclic) bond motifs is 3. The fourth-order valence-corrected chi connectivity index (χ4v) is 3.40. The molecule has 0 amide bonds. The summed E-state index contributed by atoms with van der Waals surface area (Å²) in [5.41, 5.74) is 3.84. The van der Waals surface area contributed by atoms with E-state index in [1.54, 1.807) is 6.20 Å². The number of carbonyl (C=O) groups excluding carboxylic acids is 1. The summed E-state index contributed by atoms with van der Waals surface area (Å²) < 4.78 is 0. The van der Waals surface area contributed by atoms with Crippen molar-refractivity contribution in [3.63, 3.8) is 0 Å². The van der Waals surface area contributed by atoms with Crippen LogP contribution < -0.4 is 5.32 Å². The Hall–Kier alpha value is -1.98. The predicted molar refractivity (Wildman–Crippen MR) is 87.2 cm³/mol. The van der Waals surface area contributed by atoms with Crippen molar-refractivity contribution in [1.82, 2.24) is 15.3 Å². The predicted octanol–water partition coefficient (Wildman–Crippen LogP) is 3.53. The van der Waals surface area contributed by atoms with E-state index in [1.165, 1.54) is 11.8 Å². The Morgan fingerprint density at radius 2 is 2.19 bits per heavy atom. The number of nitrogens with one attached hydrogen (secondary N) is 2.